The molecule has 0 heterocycles. The highest BCUT2D eigenvalue weighted by Gasteiger charge is 2.05. The summed E-state index contributed by atoms with van der Waals surface area (Å²) in [7, 11) is 0. The molecule has 2 nitrogen and oxygen atoms in total. The van der Waals surface area contributed by atoms with E-state index in [0.29, 0.717) is 11.9 Å². The molecule has 0 saturated carbocycles. The number of carbonyl (C=O) groups excluding carboxylic acids is 1. The first-order valence-corrected chi connectivity index (χ1v) is 6.09. The first-order chi connectivity index (χ1) is 6.20. The van der Waals surface area contributed by atoms with Crippen LogP contribution in [0.1, 0.15) is 33.1 Å². The van der Waals surface area contributed by atoms with E-state index in [1.165, 1.54) is 12.8 Å². The van der Waals surface area contributed by atoms with Gasteiger partial charge in [-0.05, 0) is 26.0 Å². The van der Waals surface area contributed by atoms with E-state index in [-0.39, 0.29) is 12.4 Å². The molecule has 0 amide bonds. The van der Waals surface area contributed by atoms with Crippen molar-refractivity contribution in [3.8, 4) is 0 Å². The summed E-state index contributed by atoms with van der Waals surface area (Å²) in [5, 5.41) is 0.692. The molecule has 1 unspecified atom stereocenters. The van der Waals surface area contributed by atoms with Gasteiger partial charge in [-0.3, -0.25) is 4.79 Å². The molecule has 0 rings (SSSR count). The summed E-state index contributed by atoms with van der Waals surface area (Å²) in [6.45, 7) is 4.73. The normalized spacial score (nSPS) is 12.8. The van der Waals surface area contributed by atoms with Gasteiger partial charge in [-0.15, -0.1) is 0 Å². The highest BCUT2D eigenvalue weighted by atomic mass is 32.2. The maximum absolute atomic E-state index is 10.6. The zero-order chi connectivity index (χ0) is 10.1. The fraction of sp³-hybridized carbons (Fsp3) is 0.900. The zero-order valence-electron chi connectivity index (χ0n) is 8.84. The van der Waals surface area contributed by atoms with Gasteiger partial charge in [0.25, 0.3) is 0 Å². The maximum atomic E-state index is 10.6. The Hall–Kier alpha value is -0.0200. The lowest BCUT2D eigenvalue weighted by Crippen LogP contribution is -2.10. The van der Waals surface area contributed by atoms with Crippen LogP contribution in [-0.2, 0) is 9.53 Å². The summed E-state index contributed by atoms with van der Waals surface area (Å²) < 4.78 is 5.21. The molecule has 0 aliphatic heterocycles. The van der Waals surface area contributed by atoms with E-state index in [4.69, 9.17) is 4.74 Å². The second-order valence-electron chi connectivity index (χ2n) is 3.19. The van der Waals surface area contributed by atoms with Crippen molar-refractivity contribution < 1.29 is 9.53 Å². The fourth-order valence-electron chi connectivity index (χ4n) is 1.13. The van der Waals surface area contributed by atoms with Crippen molar-refractivity contribution in [3.63, 3.8) is 0 Å². The predicted octanol–water partition coefficient (Wildman–Crippen LogP) is 2.51. The van der Waals surface area contributed by atoms with Gasteiger partial charge in [0.2, 0.25) is 0 Å². The average Bonchev–Trinajstić information content (AvgIpc) is 2.10. The number of hydrogen-bond donors (Lipinski definition) is 0. The number of Topliss-reactive ketones (excluding diaryl/α,β-unsaturated/α-hetero) is 1. The minimum absolute atomic E-state index is 0.108. The smallest absolute Gasteiger partial charge is 0.155 e. The quantitative estimate of drug-likeness (QED) is 0.568. The van der Waals surface area contributed by atoms with Gasteiger partial charge in [0.1, 0.15) is 6.61 Å². The molecule has 0 aromatic carbocycles. The summed E-state index contributed by atoms with van der Waals surface area (Å²) >= 11 is 1.89. The number of rotatable bonds is 8. The van der Waals surface area contributed by atoms with E-state index >= 15 is 0 Å². The highest BCUT2D eigenvalue weighted by Crippen LogP contribution is 2.16. The van der Waals surface area contributed by atoms with Gasteiger partial charge in [-0.2, -0.15) is 11.8 Å². The monoisotopic (exact) mass is 204 g/mol. The predicted molar refractivity (Wildman–Crippen MR) is 58.3 cm³/mol. The second-order valence-corrected chi connectivity index (χ2v) is 4.33. The first-order valence-electron chi connectivity index (χ1n) is 4.80. The van der Waals surface area contributed by atoms with Crippen LogP contribution in [0.4, 0.5) is 0 Å². The van der Waals surface area contributed by atoms with Crippen LogP contribution < -0.4 is 0 Å². The fourth-order valence-corrected chi connectivity index (χ4v) is 1.94. The molecule has 0 radical (unpaired) electrons. The van der Waals surface area contributed by atoms with Crippen LogP contribution in [0.3, 0.4) is 0 Å². The number of hydrogen-bond acceptors (Lipinski definition) is 3. The molecule has 0 aromatic rings. The molecule has 3 heteroatoms. The first kappa shape index (κ1) is 13.0. The zero-order valence-corrected chi connectivity index (χ0v) is 9.65. The number of ketones is 1. The molecular weight excluding hydrogens is 184 g/mol. The Kier molecular flexibility index (Phi) is 8.56. The standard InChI is InChI=1S/C10H20O2S/c1-4-5-10(13-3)6-7-12-8-9(2)11/h10H,4-8H2,1-3H3. The van der Waals surface area contributed by atoms with Gasteiger partial charge < -0.3 is 4.74 Å². The van der Waals surface area contributed by atoms with Crippen LogP contribution >= 0.6 is 11.8 Å². The Morgan fingerprint density at radius 2 is 2.15 bits per heavy atom. The lowest BCUT2D eigenvalue weighted by Gasteiger charge is -2.12. The lowest BCUT2D eigenvalue weighted by atomic mass is 10.2. The summed E-state index contributed by atoms with van der Waals surface area (Å²) in [4.78, 5) is 10.6. The van der Waals surface area contributed by atoms with Crippen LogP contribution in [0.5, 0.6) is 0 Å². The molecule has 13 heavy (non-hydrogen) atoms. The molecule has 0 bridgehead atoms. The third-order valence-electron chi connectivity index (χ3n) is 1.83. The molecule has 1 atom stereocenters. The molecule has 0 aromatic heterocycles. The third kappa shape index (κ3) is 8.31. The average molecular weight is 204 g/mol. The molecule has 0 N–H and O–H groups in total. The second kappa shape index (κ2) is 8.57. The highest BCUT2D eigenvalue weighted by molar-refractivity contribution is 7.99. The van der Waals surface area contributed by atoms with Crippen molar-refractivity contribution in [1.29, 1.82) is 0 Å². The minimum atomic E-state index is 0.108. The minimum Gasteiger partial charge on any atom is -0.374 e. The summed E-state index contributed by atoms with van der Waals surface area (Å²) in [6.07, 6.45) is 5.65. The molecule has 78 valence electrons. The molecule has 0 aliphatic rings. The third-order valence-corrected chi connectivity index (χ3v) is 2.97. The van der Waals surface area contributed by atoms with Gasteiger partial charge in [-0.25, -0.2) is 0 Å². The van der Waals surface area contributed by atoms with Crippen molar-refractivity contribution >= 4 is 17.5 Å². The van der Waals surface area contributed by atoms with E-state index < -0.39 is 0 Å². The molecular formula is C10H20O2S. The van der Waals surface area contributed by atoms with Gasteiger partial charge in [-0.1, -0.05) is 13.3 Å². The topological polar surface area (TPSA) is 26.3 Å². The summed E-state index contributed by atoms with van der Waals surface area (Å²) in [6, 6.07) is 0. The van der Waals surface area contributed by atoms with Crippen molar-refractivity contribution in [2.45, 2.75) is 38.4 Å². The van der Waals surface area contributed by atoms with E-state index in [2.05, 4.69) is 13.2 Å². The summed E-state index contributed by atoms with van der Waals surface area (Å²) in [5.74, 6) is 0.108. The molecule has 0 aliphatic carbocycles. The number of thioether (sulfide) groups is 1. The molecule has 0 fully saturated rings. The number of carbonyl (C=O) groups is 1. The van der Waals surface area contributed by atoms with E-state index in [1.807, 2.05) is 11.8 Å². The Labute approximate surface area is 85.4 Å². The van der Waals surface area contributed by atoms with E-state index in [1.54, 1.807) is 6.92 Å². The SMILES string of the molecule is CCCC(CCOCC(C)=O)SC. The van der Waals surface area contributed by atoms with Gasteiger partial charge in [0.05, 0.1) is 0 Å². The van der Waals surface area contributed by atoms with Gasteiger partial charge >= 0.3 is 0 Å². The van der Waals surface area contributed by atoms with Crippen LogP contribution in [0.25, 0.3) is 0 Å². The van der Waals surface area contributed by atoms with Crippen LogP contribution in [-0.4, -0.2) is 30.5 Å². The van der Waals surface area contributed by atoms with Crippen molar-refractivity contribution in [2.24, 2.45) is 0 Å². The van der Waals surface area contributed by atoms with E-state index in [0.717, 1.165) is 6.42 Å². The Balaban J connectivity index is 3.32. The Bertz CT molecular complexity index is 137. The molecule has 0 spiro atoms. The number of ether oxygens (including phenoxy) is 1. The Morgan fingerprint density at radius 3 is 2.62 bits per heavy atom. The lowest BCUT2D eigenvalue weighted by molar-refractivity contribution is -0.121. The molecule has 0 saturated heterocycles. The largest absolute Gasteiger partial charge is 0.374 e. The van der Waals surface area contributed by atoms with E-state index in [9.17, 15) is 4.79 Å². The van der Waals surface area contributed by atoms with Crippen LogP contribution in [0, 0.1) is 0 Å². The summed E-state index contributed by atoms with van der Waals surface area (Å²) in [5.41, 5.74) is 0. The van der Waals surface area contributed by atoms with Crippen molar-refractivity contribution in [1.82, 2.24) is 0 Å². The Morgan fingerprint density at radius 1 is 1.46 bits per heavy atom. The van der Waals surface area contributed by atoms with Crippen molar-refractivity contribution in [2.75, 3.05) is 19.5 Å². The maximum Gasteiger partial charge on any atom is 0.155 e. The van der Waals surface area contributed by atoms with Gasteiger partial charge in [0, 0.05) is 11.9 Å². The van der Waals surface area contributed by atoms with Crippen LogP contribution in [0.15, 0.2) is 0 Å². The van der Waals surface area contributed by atoms with Crippen LogP contribution in [0.2, 0.25) is 0 Å². The van der Waals surface area contributed by atoms with Gasteiger partial charge in [0.15, 0.2) is 5.78 Å². The van der Waals surface area contributed by atoms with Crippen molar-refractivity contribution in [3.05, 3.63) is 0 Å².